The SMILES string of the molecule is COC(=O)[C@@H](Cc1ccc(C)cc1)NC(=O)c1cccc2ccccc12. The van der Waals surface area contributed by atoms with E-state index in [-0.39, 0.29) is 5.91 Å². The predicted octanol–water partition coefficient (Wildman–Crippen LogP) is 3.66. The molecule has 0 saturated carbocycles. The highest BCUT2D eigenvalue weighted by Crippen LogP contribution is 2.19. The Hall–Kier alpha value is -3.14. The van der Waals surface area contributed by atoms with E-state index in [1.54, 1.807) is 6.07 Å². The summed E-state index contributed by atoms with van der Waals surface area (Å²) in [7, 11) is 1.33. The molecular weight excluding hydrogens is 326 g/mol. The average molecular weight is 347 g/mol. The van der Waals surface area contributed by atoms with Crippen LogP contribution in [0.4, 0.5) is 0 Å². The van der Waals surface area contributed by atoms with Crippen molar-refractivity contribution in [3.05, 3.63) is 83.4 Å². The first-order valence-corrected chi connectivity index (χ1v) is 8.50. The fraction of sp³-hybridized carbons (Fsp3) is 0.182. The summed E-state index contributed by atoms with van der Waals surface area (Å²) in [4.78, 5) is 25.0. The van der Waals surface area contributed by atoms with Gasteiger partial charge in [-0.1, -0.05) is 66.2 Å². The third kappa shape index (κ3) is 3.91. The van der Waals surface area contributed by atoms with E-state index >= 15 is 0 Å². The van der Waals surface area contributed by atoms with E-state index in [9.17, 15) is 9.59 Å². The van der Waals surface area contributed by atoms with Crippen LogP contribution in [0.1, 0.15) is 21.5 Å². The van der Waals surface area contributed by atoms with E-state index in [1.165, 1.54) is 7.11 Å². The minimum atomic E-state index is -0.742. The van der Waals surface area contributed by atoms with Gasteiger partial charge < -0.3 is 10.1 Å². The van der Waals surface area contributed by atoms with Crippen LogP contribution in [0.15, 0.2) is 66.7 Å². The summed E-state index contributed by atoms with van der Waals surface area (Å²) >= 11 is 0. The maximum atomic E-state index is 12.8. The van der Waals surface area contributed by atoms with E-state index in [2.05, 4.69) is 5.32 Å². The second-order valence-electron chi connectivity index (χ2n) is 6.27. The van der Waals surface area contributed by atoms with Gasteiger partial charge in [0.05, 0.1) is 7.11 Å². The van der Waals surface area contributed by atoms with Gasteiger partial charge in [0.25, 0.3) is 5.91 Å². The van der Waals surface area contributed by atoms with Crippen molar-refractivity contribution in [2.24, 2.45) is 0 Å². The number of amides is 1. The molecule has 0 aliphatic heterocycles. The maximum Gasteiger partial charge on any atom is 0.328 e. The lowest BCUT2D eigenvalue weighted by molar-refractivity contribution is -0.142. The number of methoxy groups -OCH3 is 1. The average Bonchev–Trinajstić information content (AvgIpc) is 2.68. The molecule has 0 aromatic heterocycles. The van der Waals surface area contributed by atoms with Gasteiger partial charge in [-0.05, 0) is 29.3 Å². The Bertz CT molecular complexity index is 926. The summed E-state index contributed by atoms with van der Waals surface area (Å²) in [6.45, 7) is 2.00. The third-order valence-corrected chi connectivity index (χ3v) is 4.39. The van der Waals surface area contributed by atoms with Crippen molar-refractivity contribution in [3.8, 4) is 0 Å². The molecule has 26 heavy (non-hydrogen) atoms. The summed E-state index contributed by atoms with van der Waals surface area (Å²) in [6.07, 6.45) is 0.378. The van der Waals surface area contributed by atoms with Gasteiger partial charge in [-0.25, -0.2) is 4.79 Å². The number of benzene rings is 3. The summed E-state index contributed by atoms with van der Waals surface area (Å²) in [6, 6.07) is 20.4. The van der Waals surface area contributed by atoms with Gasteiger partial charge >= 0.3 is 5.97 Å². The lowest BCUT2D eigenvalue weighted by Gasteiger charge is -2.17. The number of fused-ring (bicyclic) bond motifs is 1. The largest absolute Gasteiger partial charge is 0.467 e. The number of aryl methyl sites for hydroxylation is 1. The van der Waals surface area contributed by atoms with E-state index in [0.29, 0.717) is 12.0 Å². The molecule has 0 unspecified atom stereocenters. The molecule has 4 heteroatoms. The molecule has 3 aromatic rings. The second-order valence-corrected chi connectivity index (χ2v) is 6.27. The Labute approximate surface area is 152 Å². The third-order valence-electron chi connectivity index (χ3n) is 4.39. The van der Waals surface area contributed by atoms with Crippen LogP contribution in [0.5, 0.6) is 0 Å². The van der Waals surface area contributed by atoms with Gasteiger partial charge in [-0.3, -0.25) is 4.79 Å². The smallest absolute Gasteiger partial charge is 0.328 e. The quantitative estimate of drug-likeness (QED) is 0.717. The van der Waals surface area contributed by atoms with Gasteiger partial charge in [0.1, 0.15) is 6.04 Å². The fourth-order valence-corrected chi connectivity index (χ4v) is 2.95. The number of ether oxygens (including phenoxy) is 1. The Morgan fingerprint density at radius 3 is 2.38 bits per heavy atom. The van der Waals surface area contributed by atoms with Crippen molar-refractivity contribution in [1.82, 2.24) is 5.32 Å². The van der Waals surface area contributed by atoms with Crippen LogP contribution in [-0.2, 0) is 16.0 Å². The maximum absolute atomic E-state index is 12.8. The summed E-state index contributed by atoms with van der Waals surface area (Å²) < 4.78 is 4.88. The zero-order valence-corrected chi connectivity index (χ0v) is 14.9. The summed E-state index contributed by atoms with van der Waals surface area (Å²) in [5, 5.41) is 4.66. The van der Waals surface area contributed by atoms with Crippen molar-refractivity contribution in [1.29, 1.82) is 0 Å². The highest BCUT2D eigenvalue weighted by Gasteiger charge is 2.23. The topological polar surface area (TPSA) is 55.4 Å². The minimum absolute atomic E-state index is 0.288. The molecule has 0 bridgehead atoms. The van der Waals surface area contributed by atoms with Crippen LogP contribution in [0, 0.1) is 6.92 Å². The number of hydrogen-bond donors (Lipinski definition) is 1. The first-order valence-electron chi connectivity index (χ1n) is 8.50. The fourth-order valence-electron chi connectivity index (χ4n) is 2.95. The molecule has 1 atom stereocenters. The lowest BCUT2D eigenvalue weighted by atomic mass is 10.0. The number of carbonyl (C=O) groups excluding carboxylic acids is 2. The van der Waals surface area contributed by atoms with Crippen LogP contribution in [0.2, 0.25) is 0 Å². The molecule has 1 amide bonds. The normalized spacial score (nSPS) is 11.8. The van der Waals surface area contributed by atoms with E-state index in [4.69, 9.17) is 4.74 Å². The van der Waals surface area contributed by atoms with E-state index in [0.717, 1.165) is 21.9 Å². The highest BCUT2D eigenvalue weighted by molar-refractivity contribution is 6.08. The molecule has 0 spiro atoms. The minimum Gasteiger partial charge on any atom is -0.467 e. The Kier molecular flexibility index (Phi) is 5.32. The number of nitrogens with one attached hydrogen (secondary N) is 1. The second kappa shape index (κ2) is 7.83. The van der Waals surface area contributed by atoms with Crippen LogP contribution in [0.25, 0.3) is 10.8 Å². The van der Waals surface area contributed by atoms with Crippen LogP contribution >= 0.6 is 0 Å². The summed E-state index contributed by atoms with van der Waals surface area (Å²) in [5.41, 5.74) is 2.65. The van der Waals surface area contributed by atoms with Gasteiger partial charge in [-0.2, -0.15) is 0 Å². The van der Waals surface area contributed by atoms with Crippen molar-refractivity contribution in [2.75, 3.05) is 7.11 Å². The zero-order valence-electron chi connectivity index (χ0n) is 14.9. The first-order chi connectivity index (χ1) is 12.6. The van der Waals surface area contributed by atoms with E-state index in [1.807, 2.05) is 67.6 Å². The molecular formula is C22H21NO3. The molecule has 0 aliphatic rings. The molecule has 0 saturated heterocycles. The summed E-state index contributed by atoms with van der Waals surface area (Å²) in [5.74, 6) is -0.747. The molecule has 132 valence electrons. The molecule has 3 rings (SSSR count). The van der Waals surface area contributed by atoms with Crippen molar-refractivity contribution < 1.29 is 14.3 Å². The first kappa shape index (κ1) is 17.7. The Morgan fingerprint density at radius 1 is 0.962 bits per heavy atom. The predicted molar refractivity (Wildman–Crippen MR) is 102 cm³/mol. The molecule has 4 nitrogen and oxygen atoms in total. The molecule has 3 aromatic carbocycles. The van der Waals surface area contributed by atoms with Crippen LogP contribution in [0.3, 0.4) is 0 Å². The van der Waals surface area contributed by atoms with Crippen LogP contribution < -0.4 is 5.32 Å². The highest BCUT2D eigenvalue weighted by atomic mass is 16.5. The standard InChI is InChI=1S/C22H21NO3/c1-15-10-12-16(13-11-15)14-20(22(25)26-2)23-21(24)19-9-5-7-17-6-3-4-8-18(17)19/h3-13,20H,14H2,1-2H3,(H,23,24)/t20-/m1/s1. The molecule has 0 fully saturated rings. The van der Waals surface area contributed by atoms with Gasteiger partial charge in [0.15, 0.2) is 0 Å². The van der Waals surface area contributed by atoms with Crippen LogP contribution in [-0.4, -0.2) is 25.0 Å². The Balaban J connectivity index is 1.85. The van der Waals surface area contributed by atoms with Gasteiger partial charge in [0, 0.05) is 12.0 Å². The van der Waals surface area contributed by atoms with E-state index < -0.39 is 12.0 Å². The van der Waals surface area contributed by atoms with Crippen molar-refractivity contribution in [2.45, 2.75) is 19.4 Å². The van der Waals surface area contributed by atoms with Crippen molar-refractivity contribution in [3.63, 3.8) is 0 Å². The molecule has 1 N–H and O–H groups in total. The lowest BCUT2D eigenvalue weighted by Crippen LogP contribution is -2.43. The van der Waals surface area contributed by atoms with Gasteiger partial charge in [-0.15, -0.1) is 0 Å². The molecule has 0 radical (unpaired) electrons. The van der Waals surface area contributed by atoms with Crippen molar-refractivity contribution >= 4 is 22.6 Å². The number of hydrogen-bond acceptors (Lipinski definition) is 3. The number of rotatable bonds is 5. The number of esters is 1. The van der Waals surface area contributed by atoms with Gasteiger partial charge in [0.2, 0.25) is 0 Å². The molecule has 0 heterocycles. The number of carbonyl (C=O) groups is 2. The monoisotopic (exact) mass is 347 g/mol. The molecule has 0 aliphatic carbocycles. The zero-order chi connectivity index (χ0) is 18.5. The Morgan fingerprint density at radius 2 is 1.65 bits per heavy atom.